The monoisotopic (exact) mass is 719 g/mol. The molecule has 4 aliphatic rings. The molecule has 7 atom stereocenters. The van der Waals surface area contributed by atoms with Gasteiger partial charge in [-0.2, -0.15) is 0 Å². The molecule has 0 unspecified atom stereocenters. The van der Waals surface area contributed by atoms with Crippen LogP contribution >= 0.6 is 15.9 Å². The molecule has 3 amide bonds. The van der Waals surface area contributed by atoms with Crippen molar-refractivity contribution >= 4 is 39.6 Å². The van der Waals surface area contributed by atoms with Gasteiger partial charge in [-0.1, -0.05) is 88.7 Å². The Hall–Kier alpha value is -3.80. The zero-order valence-corrected chi connectivity index (χ0v) is 29.0. The highest BCUT2D eigenvalue weighted by atomic mass is 79.9. The number of rotatable bonds is 5. The van der Waals surface area contributed by atoms with Gasteiger partial charge in [-0.3, -0.25) is 19.2 Å². The van der Waals surface area contributed by atoms with Gasteiger partial charge in [0.2, 0.25) is 17.7 Å². The highest BCUT2D eigenvalue weighted by Crippen LogP contribution is 2.59. The van der Waals surface area contributed by atoms with Gasteiger partial charge in [0, 0.05) is 23.0 Å². The largest absolute Gasteiger partial charge is 0.455 e. The molecule has 6 rings (SSSR count). The van der Waals surface area contributed by atoms with Gasteiger partial charge in [-0.15, -0.1) is 0 Å². The third-order valence-corrected chi connectivity index (χ3v) is 10.5. The molecule has 2 N–H and O–H groups in total. The molecular formula is C37H42BrN3O7. The minimum Gasteiger partial charge on any atom is -0.455 e. The van der Waals surface area contributed by atoms with Crippen molar-refractivity contribution in [3.63, 3.8) is 0 Å². The van der Waals surface area contributed by atoms with E-state index in [1.54, 1.807) is 11.0 Å². The minimum atomic E-state index is -1.48. The number of fused-ring (bicyclic) bond motifs is 2. The number of likely N-dealkylation sites (tertiary alicyclic amines) is 1. The van der Waals surface area contributed by atoms with Crippen LogP contribution in [0.4, 0.5) is 0 Å². The van der Waals surface area contributed by atoms with E-state index in [9.17, 15) is 24.3 Å². The van der Waals surface area contributed by atoms with Crippen LogP contribution in [0.15, 0.2) is 83.4 Å². The normalized spacial score (nSPS) is 30.9. The summed E-state index contributed by atoms with van der Waals surface area (Å²) in [6.07, 6.45) is 4.79. The van der Waals surface area contributed by atoms with Crippen molar-refractivity contribution in [2.45, 2.75) is 75.5 Å². The van der Waals surface area contributed by atoms with Crippen molar-refractivity contribution < 1.29 is 33.8 Å². The van der Waals surface area contributed by atoms with Crippen LogP contribution in [0.25, 0.3) is 0 Å². The molecule has 4 heterocycles. The molecule has 1 spiro atoms. The SMILES string of the molecule is CC(C)(C)N1C/C=C\CCC(=O)NC[C@@H](c2ccccc2)OC(=O)[C@@H]2[C@H]3O[C@@]4(C=C3Br)[C@H](C1=O)N([C@@H](CO)Cc1ccccc1)C(=O)[C@@H]24. The predicted molar refractivity (Wildman–Crippen MR) is 181 cm³/mol. The van der Waals surface area contributed by atoms with Crippen molar-refractivity contribution in [2.75, 3.05) is 19.7 Å². The Labute approximate surface area is 289 Å². The molecular weight excluding hydrogens is 678 g/mol. The quantitative estimate of drug-likeness (QED) is 0.356. The van der Waals surface area contributed by atoms with Gasteiger partial charge in [-0.25, -0.2) is 0 Å². The fourth-order valence-corrected chi connectivity index (χ4v) is 8.24. The Morgan fingerprint density at radius 3 is 2.35 bits per heavy atom. The number of esters is 1. The topological polar surface area (TPSA) is 125 Å². The molecule has 0 radical (unpaired) electrons. The summed E-state index contributed by atoms with van der Waals surface area (Å²) in [6.45, 7) is 5.62. The Morgan fingerprint density at radius 1 is 1.00 bits per heavy atom. The first-order valence-corrected chi connectivity index (χ1v) is 17.3. The fraction of sp³-hybridized carbons (Fsp3) is 0.459. The number of amides is 3. The second kappa shape index (κ2) is 13.6. The van der Waals surface area contributed by atoms with Crippen molar-refractivity contribution in [1.82, 2.24) is 15.1 Å². The van der Waals surface area contributed by atoms with Crippen LogP contribution in [0.3, 0.4) is 0 Å². The lowest BCUT2D eigenvalue weighted by atomic mass is 9.74. The lowest BCUT2D eigenvalue weighted by Gasteiger charge is -2.43. The van der Waals surface area contributed by atoms with Gasteiger partial charge in [-0.05, 0) is 50.8 Å². The molecule has 2 aromatic rings. The standard InChI is InChI=1S/C37H42BrN3O7/c1-36(2,3)40-18-12-6-11-17-28(43)39-21-27(24-15-9-5-10-16-24)47-35(46)29-30-33(44)41(25(22-42)19-23-13-7-4-8-14-23)32(34(40)45)37(30)20-26(38)31(29)48-37/h4-10,12-16,20,25,27,29-32,42H,11,17-19,21-22H2,1-3H3,(H,39,43)/b12-6-/t25-,27+,29+,30-,31+,32+,37-/m1/s1. The summed E-state index contributed by atoms with van der Waals surface area (Å²) in [6, 6.07) is 16.7. The maximum Gasteiger partial charge on any atom is 0.313 e. The molecule has 254 valence electrons. The van der Waals surface area contributed by atoms with Gasteiger partial charge in [0.1, 0.15) is 29.8 Å². The van der Waals surface area contributed by atoms with Crippen molar-refractivity contribution in [1.29, 1.82) is 0 Å². The fourth-order valence-electron chi connectivity index (χ4n) is 7.50. The first-order chi connectivity index (χ1) is 23.0. The molecule has 5 bridgehead atoms. The van der Waals surface area contributed by atoms with E-state index >= 15 is 0 Å². The van der Waals surface area contributed by atoms with E-state index in [2.05, 4.69) is 21.2 Å². The van der Waals surface area contributed by atoms with Crippen LogP contribution in [0.5, 0.6) is 0 Å². The number of ether oxygens (including phenoxy) is 2. The van der Waals surface area contributed by atoms with Crippen molar-refractivity contribution in [2.24, 2.45) is 11.8 Å². The highest BCUT2D eigenvalue weighted by molar-refractivity contribution is 9.11. The maximum atomic E-state index is 15.0. The summed E-state index contributed by atoms with van der Waals surface area (Å²) in [4.78, 5) is 60.0. The number of cyclic esters (lactones) is 1. The Balaban J connectivity index is 1.47. The Kier molecular flexibility index (Phi) is 9.66. The average Bonchev–Trinajstić information content (AvgIpc) is 3.66. The van der Waals surface area contributed by atoms with E-state index < -0.39 is 65.8 Å². The molecule has 0 aromatic heterocycles. The second-order valence-electron chi connectivity index (χ2n) is 13.9. The van der Waals surface area contributed by atoms with Crippen LogP contribution in [0.2, 0.25) is 0 Å². The number of carbonyl (C=O) groups excluding carboxylic acids is 4. The number of carbonyl (C=O) groups is 4. The van der Waals surface area contributed by atoms with Crippen LogP contribution < -0.4 is 5.32 Å². The average molecular weight is 721 g/mol. The number of nitrogens with one attached hydrogen (secondary N) is 1. The zero-order chi connectivity index (χ0) is 34.2. The molecule has 48 heavy (non-hydrogen) atoms. The number of aliphatic hydroxyl groups excluding tert-OH is 1. The van der Waals surface area contributed by atoms with Crippen LogP contribution in [-0.4, -0.2) is 87.6 Å². The summed E-state index contributed by atoms with van der Waals surface area (Å²) >= 11 is 3.60. The molecule has 10 nitrogen and oxygen atoms in total. The lowest BCUT2D eigenvalue weighted by molar-refractivity contribution is -0.161. The van der Waals surface area contributed by atoms with Gasteiger partial charge >= 0.3 is 5.97 Å². The third kappa shape index (κ3) is 6.23. The molecule has 2 saturated heterocycles. The van der Waals surface area contributed by atoms with E-state index in [4.69, 9.17) is 9.47 Å². The van der Waals surface area contributed by atoms with Crippen LogP contribution in [0.1, 0.15) is 50.8 Å². The van der Waals surface area contributed by atoms with Crippen LogP contribution in [-0.2, 0) is 35.1 Å². The van der Waals surface area contributed by atoms with Crippen LogP contribution in [0, 0.1) is 11.8 Å². The summed E-state index contributed by atoms with van der Waals surface area (Å²) in [5.41, 5.74) is -0.573. The van der Waals surface area contributed by atoms with E-state index in [1.807, 2.05) is 93.6 Å². The van der Waals surface area contributed by atoms with Crippen molar-refractivity contribution in [3.8, 4) is 0 Å². The second-order valence-corrected chi connectivity index (χ2v) is 14.8. The third-order valence-electron chi connectivity index (χ3n) is 9.77. The first kappa shape index (κ1) is 34.1. The van der Waals surface area contributed by atoms with E-state index in [0.29, 0.717) is 22.9 Å². The molecule has 0 saturated carbocycles. The molecule has 2 aromatic carbocycles. The maximum absolute atomic E-state index is 15.0. The number of aliphatic hydroxyl groups is 1. The minimum absolute atomic E-state index is 0.0476. The molecule has 4 aliphatic heterocycles. The number of hydrogen-bond acceptors (Lipinski definition) is 7. The lowest BCUT2D eigenvalue weighted by Crippen LogP contribution is -2.61. The first-order valence-electron chi connectivity index (χ1n) is 16.5. The Bertz CT molecular complexity index is 1610. The van der Waals surface area contributed by atoms with Crippen molar-refractivity contribution in [3.05, 3.63) is 94.5 Å². The molecule has 0 aliphatic carbocycles. The number of nitrogens with zero attached hydrogens (tertiary/aromatic N) is 2. The summed E-state index contributed by atoms with van der Waals surface area (Å²) < 4.78 is 13.4. The number of hydrogen-bond donors (Lipinski definition) is 2. The number of allylic oxidation sites excluding steroid dienone is 1. The van der Waals surface area contributed by atoms with E-state index in [1.165, 1.54) is 4.90 Å². The summed E-state index contributed by atoms with van der Waals surface area (Å²) in [7, 11) is 0. The number of benzene rings is 2. The highest BCUT2D eigenvalue weighted by Gasteiger charge is 2.75. The van der Waals surface area contributed by atoms with Gasteiger partial charge < -0.3 is 29.7 Å². The Morgan fingerprint density at radius 2 is 1.69 bits per heavy atom. The molecule has 11 heteroatoms. The summed E-state index contributed by atoms with van der Waals surface area (Å²) in [5.74, 6) is -3.81. The van der Waals surface area contributed by atoms with E-state index in [-0.39, 0.29) is 31.3 Å². The zero-order valence-electron chi connectivity index (χ0n) is 27.4. The predicted octanol–water partition coefficient (Wildman–Crippen LogP) is 3.84. The summed E-state index contributed by atoms with van der Waals surface area (Å²) in [5, 5.41) is 13.7. The number of halogens is 1. The van der Waals surface area contributed by atoms with Gasteiger partial charge in [0.25, 0.3) is 0 Å². The van der Waals surface area contributed by atoms with Gasteiger partial charge in [0.15, 0.2) is 0 Å². The van der Waals surface area contributed by atoms with E-state index in [0.717, 1.165) is 5.56 Å². The van der Waals surface area contributed by atoms with Gasteiger partial charge in [0.05, 0.1) is 25.1 Å². The molecule has 2 fully saturated rings. The smallest absolute Gasteiger partial charge is 0.313 e.